The molecule has 0 bridgehead atoms. The molecule has 90 valence electrons. The van der Waals surface area contributed by atoms with Crippen molar-refractivity contribution < 1.29 is 4.79 Å². The lowest BCUT2D eigenvalue weighted by Crippen LogP contribution is -2.39. The molecule has 16 heavy (non-hydrogen) atoms. The van der Waals surface area contributed by atoms with Crippen molar-refractivity contribution in [3.05, 3.63) is 18.2 Å². The van der Waals surface area contributed by atoms with Gasteiger partial charge in [-0.1, -0.05) is 20.8 Å². The maximum atomic E-state index is 11.9. The van der Waals surface area contributed by atoms with Gasteiger partial charge in [-0.25, -0.2) is 4.98 Å². The van der Waals surface area contributed by atoms with Crippen LogP contribution in [0.5, 0.6) is 0 Å². The molecule has 0 aromatic carbocycles. The van der Waals surface area contributed by atoms with Crippen LogP contribution >= 0.6 is 0 Å². The van der Waals surface area contributed by atoms with Gasteiger partial charge in [-0.15, -0.1) is 0 Å². The number of hydrogen-bond donors (Lipinski definition) is 1. The molecule has 1 aromatic heterocycles. The van der Waals surface area contributed by atoms with Gasteiger partial charge in [0.05, 0.1) is 12.5 Å². The minimum atomic E-state index is 0.0778. The van der Waals surface area contributed by atoms with E-state index in [1.807, 2.05) is 18.7 Å². The highest BCUT2D eigenvalue weighted by molar-refractivity contribution is 5.92. The number of aromatic amines is 1. The number of H-pyrrole nitrogens is 1. The van der Waals surface area contributed by atoms with Crippen molar-refractivity contribution in [3.63, 3.8) is 0 Å². The summed E-state index contributed by atoms with van der Waals surface area (Å²) in [4.78, 5) is 20.5. The van der Waals surface area contributed by atoms with Crippen molar-refractivity contribution in [2.45, 2.75) is 33.6 Å². The Hall–Kier alpha value is -1.32. The molecule has 4 nitrogen and oxygen atoms in total. The summed E-state index contributed by atoms with van der Waals surface area (Å²) in [7, 11) is 0. The molecule has 0 radical (unpaired) electrons. The third-order valence-corrected chi connectivity index (χ3v) is 2.67. The number of rotatable bonds is 1. The molecule has 1 atom stereocenters. The Morgan fingerprint density at radius 2 is 2.31 bits per heavy atom. The largest absolute Gasteiger partial charge is 0.341 e. The van der Waals surface area contributed by atoms with Crippen LogP contribution in [0.2, 0.25) is 0 Å². The summed E-state index contributed by atoms with van der Waals surface area (Å²) in [6, 6.07) is 0. The van der Waals surface area contributed by atoms with Crippen molar-refractivity contribution in [1.82, 2.24) is 14.9 Å². The standard InChI is InChI=1S/C10H15N3O.C2H6/c1-8-3-2-4-13(6-8)10(14)9-5-11-7-12-9;1-2/h5,7-8H,2-4,6H2,1H3,(H,11,12);1-2H3. The van der Waals surface area contributed by atoms with Gasteiger partial charge in [0, 0.05) is 13.1 Å². The Balaban J connectivity index is 0.000000606. The van der Waals surface area contributed by atoms with Crippen molar-refractivity contribution in [1.29, 1.82) is 0 Å². The third kappa shape index (κ3) is 3.08. The molecule has 1 aromatic rings. The Bertz CT molecular complexity index is 308. The van der Waals surface area contributed by atoms with E-state index >= 15 is 0 Å². The monoisotopic (exact) mass is 223 g/mol. The highest BCUT2D eigenvalue weighted by Crippen LogP contribution is 2.16. The summed E-state index contributed by atoms with van der Waals surface area (Å²) in [5, 5.41) is 0. The summed E-state index contributed by atoms with van der Waals surface area (Å²) in [6.45, 7) is 7.94. The fraction of sp³-hybridized carbons (Fsp3) is 0.667. The van der Waals surface area contributed by atoms with Gasteiger partial charge in [0.15, 0.2) is 0 Å². The zero-order valence-corrected chi connectivity index (χ0v) is 10.4. The molecule has 0 spiro atoms. The zero-order valence-electron chi connectivity index (χ0n) is 10.4. The lowest BCUT2D eigenvalue weighted by Gasteiger charge is -2.30. The number of amides is 1. The first-order chi connectivity index (χ1) is 7.77. The normalized spacial score (nSPS) is 19.9. The molecule has 1 aliphatic rings. The number of piperidine rings is 1. The Morgan fingerprint density at radius 1 is 1.56 bits per heavy atom. The van der Waals surface area contributed by atoms with Gasteiger partial charge in [0.1, 0.15) is 5.69 Å². The highest BCUT2D eigenvalue weighted by Gasteiger charge is 2.22. The van der Waals surface area contributed by atoms with Crippen molar-refractivity contribution in [2.75, 3.05) is 13.1 Å². The second-order valence-electron chi connectivity index (χ2n) is 3.96. The fourth-order valence-electron chi connectivity index (χ4n) is 1.92. The van der Waals surface area contributed by atoms with Crippen LogP contribution in [0.1, 0.15) is 44.1 Å². The maximum absolute atomic E-state index is 11.9. The van der Waals surface area contributed by atoms with E-state index in [-0.39, 0.29) is 5.91 Å². The number of imidazole rings is 1. The molecule has 0 aliphatic carbocycles. The maximum Gasteiger partial charge on any atom is 0.271 e. The third-order valence-electron chi connectivity index (χ3n) is 2.67. The van der Waals surface area contributed by atoms with E-state index in [0.29, 0.717) is 11.6 Å². The van der Waals surface area contributed by atoms with E-state index in [1.54, 1.807) is 12.5 Å². The van der Waals surface area contributed by atoms with E-state index in [2.05, 4.69) is 16.9 Å². The molecular formula is C12H21N3O. The van der Waals surface area contributed by atoms with E-state index in [4.69, 9.17) is 0 Å². The van der Waals surface area contributed by atoms with E-state index in [9.17, 15) is 4.79 Å². The average Bonchev–Trinajstić information content (AvgIpc) is 2.84. The molecule has 2 heterocycles. The van der Waals surface area contributed by atoms with Gasteiger partial charge < -0.3 is 9.88 Å². The van der Waals surface area contributed by atoms with Crippen LogP contribution in [0.25, 0.3) is 0 Å². The molecule has 1 aliphatic heterocycles. The topological polar surface area (TPSA) is 49.0 Å². The molecule has 1 amide bonds. The summed E-state index contributed by atoms with van der Waals surface area (Å²) in [6.07, 6.45) is 5.47. The Labute approximate surface area is 97.1 Å². The second-order valence-corrected chi connectivity index (χ2v) is 3.96. The minimum Gasteiger partial charge on any atom is -0.341 e. The van der Waals surface area contributed by atoms with Crippen LogP contribution in [-0.2, 0) is 0 Å². The lowest BCUT2D eigenvalue weighted by atomic mass is 10.0. The van der Waals surface area contributed by atoms with E-state index < -0.39 is 0 Å². The minimum absolute atomic E-state index is 0.0778. The number of hydrogen-bond acceptors (Lipinski definition) is 2. The molecule has 1 fully saturated rings. The van der Waals surface area contributed by atoms with Gasteiger partial charge in [-0.3, -0.25) is 4.79 Å². The van der Waals surface area contributed by atoms with Gasteiger partial charge in [0.2, 0.25) is 0 Å². The van der Waals surface area contributed by atoms with Crippen LogP contribution < -0.4 is 0 Å². The summed E-state index contributed by atoms with van der Waals surface area (Å²) in [5.74, 6) is 0.699. The first-order valence-electron chi connectivity index (χ1n) is 6.05. The number of nitrogens with one attached hydrogen (secondary N) is 1. The molecular weight excluding hydrogens is 202 g/mol. The number of likely N-dealkylation sites (tertiary alicyclic amines) is 1. The van der Waals surface area contributed by atoms with Gasteiger partial charge in [-0.2, -0.15) is 0 Å². The predicted octanol–water partition coefficient (Wildman–Crippen LogP) is 2.31. The van der Waals surface area contributed by atoms with Crippen molar-refractivity contribution in [3.8, 4) is 0 Å². The van der Waals surface area contributed by atoms with Crippen molar-refractivity contribution in [2.24, 2.45) is 5.92 Å². The SMILES string of the molecule is CC.CC1CCCN(C(=O)c2cnc[nH]2)C1. The molecule has 2 rings (SSSR count). The number of carbonyl (C=O) groups is 1. The first-order valence-corrected chi connectivity index (χ1v) is 6.05. The van der Waals surface area contributed by atoms with Crippen LogP contribution in [0, 0.1) is 5.92 Å². The molecule has 0 saturated carbocycles. The number of carbonyl (C=O) groups excluding carboxylic acids is 1. The zero-order chi connectivity index (χ0) is 12.0. The highest BCUT2D eigenvalue weighted by atomic mass is 16.2. The summed E-state index contributed by atoms with van der Waals surface area (Å²) < 4.78 is 0. The van der Waals surface area contributed by atoms with Gasteiger partial charge >= 0.3 is 0 Å². The molecule has 4 heteroatoms. The predicted molar refractivity (Wildman–Crippen MR) is 64.2 cm³/mol. The second kappa shape index (κ2) is 6.30. The van der Waals surface area contributed by atoms with Crippen LogP contribution in [-0.4, -0.2) is 33.9 Å². The molecule has 1 unspecified atom stereocenters. The quantitative estimate of drug-likeness (QED) is 0.794. The average molecular weight is 223 g/mol. The van der Waals surface area contributed by atoms with Crippen LogP contribution in [0.3, 0.4) is 0 Å². The van der Waals surface area contributed by atoms with Crippen LogP contribution in [0.4, 0.5) is 0 Å². The van der Waals surface area contributed by atoms with Crippen molar-refractivity contribution >= 4 is 5.91 Å². The van der Waals surface area contributed by atoms with E-state index in [0.717, 1.165) is 19.5 Å². The smallest absolute Gasteiger partial charge is 0.271 e. The molecule has 1 saturated heterocycles. The number of nitrogens with zero attached hydrogens (tertiary/aromatic N) is 2. The van der Waals surface area contributed by atoms with Gasteiger partial charge in [0.25, 0.3) is 5.91 Å². The van der Waals surface area contributed by atoms with Gasteiger partial charge in [-0.05, 0) is 18.8 Å². The van der Waals surface area contributed by atoms with Crippen LogP contribution in [0.15, 0.2) is 12.5 Å². The molecule has 1 N–H and O–H groups in total. The summed E-state index contributed by atoms with van der Waals surface area (Å²) in [5.41, 5.74) is 0.596. The first kappa shape index (κ1) is 12.7. The number of aromatic nitrogens is 2. The Kier molecular flexibility index (Phi) is 5.02. The van der Waals surface area contributed by atoms with E-state index in [1.165, 1.54) is 6.42 Å². The summed E-state index contributed by atoms with van der Waals surface area (Å²) >= 11 is 0. The lowest BCUT2D eigenvalue weighted by molar-refractivity contribution is 0.0677. The fourth-order valence-corrected chi connectivity index (χ4v) is 1.92. The Morgan fingerprint density at radius 3 is 2.88 bits per heavy atom.